The van der Waals surface area contributed by atoms with Crippen LogP contribution in [0, 0.1) is 5.92 Å². The molecule has 0 amide bonds. The van der Waals surface area contributed by atoms with Crippen LogP contribution in [-0.2, 0) is 4.74 Å². The molecule has 1 aliphatic rings. The fraction of sp³-hybridized carbons (Fsp3) is 0.438. The van der Waals surface area contributed by atoms with Crippen LogP contribution in [0.1, 0.15) is 23.5 Å². The molecule has 3 aromatic rings. The Morgan fingerprint density at radius 1 is 1.39 bits per heavy atom. The third-order valence-corrected chi connectivity index (χ3v) is 4.87. The van der Waals surface area contributed by atoms with Gasteiger partial charge in [0.25, 0.3) is 5.95 Å². The van der Waals surface area contributed by atoms with E-state index in [0.717, 1.165) is 0 Å². The largest absolute Gasteiger partial charge is 0.394 e. The van der Waals surface area contributed by atoms with E-state index in [0.29, 0.717) is 16.7 Å². The average Bonchev–Trinajstić information content (AvgIpc) is 3.40. The summed E-state index contributed by atoms with van der Waals surface area (Å²) < 4.78 is 8.72. The van der Waals surface area contributed by atoms with Gasteiger partial charge in [0.05, 0.1) is 37.3 Å². The lowest BCUT2D eigenvalue weighted by molar-refractivity contribution is -0.0447. The normalized spacial score (nSPS) is 24.9. The molecule has 0 bridgehead atoms. The minimum Gasteiger partial charge on any atom is -0.394 e. The lowest BCUT2D eigenvalue weighted by atomic mass is 10.0. The first kappa shape index (κ1) is 18.4. The van der Waals surface area contributed by atoms with E-state index in [2.05, 4.69) is 20.1 Å². The second kappa shape index (κ2) is 6.91. The van der Waals surface area contributed by atoms with Gasteiger partial charge in [-0.1, -0.05) is 6.92 Å². The number of rotatable bonds is 5. The summed E-state index contributed by atoms with van der Waals surface area (Å²) in [6, 6.07) is 0. The van der Waals surface area contributed by atoms with Crippen LogP contribution in [0.2, 0.25) is 0 Å². The molecule has 0 spiro atoms. The zero-order valence-corrected chi connectivity index (χ0v) is 15.0. The van der Waals surface area contributed by atoms with Crippen molar-refractivity contribution in [1.29, 1.82) is 0 Å². The molecule has 12 heteroatoms. The van der Waals surface area contributed by atoms with E-state index in [1.54, 1.807) is 11.5 Å². The van der Waals surface area contributed by atoms with E-state index in [-0.39, 0.29) is 36.6 Å². The van der Waals surface area contributed by atoms with E-state index in [1.807, 2.05) is 0 Å². The van der Waals surface area contributed by atoms with Gasteiger partial charge in [-0.2, -0.15) is 15.1 Å². The number of aliphatic hydroxyl groups excluding tert-OH is 2. The van der Waals surface area contributed by atoms with E-state index >= 15 is 0 Å². The number of nitrogens with two attached hydrogens (primary N) is 2. The first-order valence-electron chi connectivity index (χ1n) is 8.67. The Bertz CT molecular complexity index is 1030. The maximum absolute atomic E-state index is 11.7. The molecule has 1 fully saturated rings. The number of nitrogen functional groups attached to an aromatic ring is 1. The zero-order chi connectivity index (χ0) is 20.0. The van der Waals surface area contributed by atoms with Crippen LogP contribution < -0.4 is 11.5 Å². The van der Waals surface area contributed by atoms with Crippen LogP contribution in [0.5, 0.6) is 0 Å². The smallest absolute Gasteiger partial charge is 0.254 e. The fourth-order valence-corrected chi connectivity index (χ4v) is 3.27. The van der Waals surface area contributed by atoms with E-state index < -0.39 is 18.4 Å². The standard InChI is InChI=1S/C16H20N8O4/c1-7-12(27)10(5-25)28-15(7)23-6-19-11-13(18)21-16(22-14(11)23)24-4-8(3-20-24)9(26)2-17/h3-4,6-7,10,12,15,25,27H,2,5,17H2,1H3,(H2,18,21,22)/t7?,10-,12+,15-/m1/s1. The highest BCUT2D eigenvalue weighted by atomic mass is 16.5. The molecule has 6 N–H and O–H groups in total. The molecule has 3 aromatic heterocycles. The number of imidazole rings is 1. The van der Waals surface area contributed by atoms with Crippen molar-refractivity contribution in [1.82, 2.24) is 29.3 Å². The first-order valence-corrected chi connectivity index (χ1v) is 8.67. The molecule has 4 heterocycles. The van der Waals surface area contributed by atoms with Crippen molar-refractivity contribution in [2.75, 3.05) is 18.9 Å². The van der Waals surface area contributed by atoms with Crippen molar-refractivity contribution in [2.24, 2.45) is 11.7 Å². The molecule has 12 nitrogen and oxygen atoms in total. The van der Waals surface area contributed by atoms with E-state index in [9.17, 15) is 15.0 Å². The highest BCUT2D eigenvalue weighted by Crippen LogP contribution is 2.36. The molecule has 1 unspecified atom stereocenters. The number of fused-ring (bicyclic) bond motifs is 1. The van der Waals surface area contributed by atoms with Crippen molar-refractivity contribution in [2.45, 2.75) is 25.4 Å². The van der Waals surface area contributed by atoms with E-state index in [1.165, 1.54) is 23.4 Å². The summed E-state index contributed by atoms with van der Waals surface area (Å²) in [5.41, 5.74) is 12.5. The maximum atomic E-state index is 11.7. The molecule has 4 rings (SSSR count). The predicted molar refractivity (Wildman–Crippen MR) is 96.4 cm³/mol. The van der Waals surface area contributed by atoms with Crippen molar-refractivity contribution < 1.29 is 19.7 Å². The highest BCUT2D eigenvalue weighted by molar-refractivity contribution is 5.97. The number of hydrogen-bond acceptors (Lipinski definition) is 10. The van der Waals surface area contributed by atoms with Gasteiger partial charge in [0.1, 0.15) is 17.8 Å². The summed E-state index contributed by atoms with van der Waals surface area (Å²) in [5.74, 6) is -0.297. The van der Waals surface area contributed by atoms with Crippen LogP contribution in [0.15, 0.2) is 18.7 Å². The Morgan fingerprint density at radius 3 is 2.86 bits per heavy atom. The lowest BCUT2D eigenvalue weighted by Gasteiger charge is -2.17. The number of carbonyl (C=O) groups is 1. The van der Waals surface area contributed by atoms with Gasteiger partial charge in [-0.15, -0.1) is 0 Å². The number of anilines is 1. The SMILES string of the molecule is CC1[C@H](n2cnc3c(N)nc(-n4cc(C(=O)CN)cn4)nc32)O[C@H](CO)[C@H]1O. The average molecular weight is 388 g/mol. The molecular formula is C16H20N8O4. The zero-order valence-electron chi connectivity index (χ0n) is 15.0. The molecule has 0 aromatic carbocycles. The minimum absolute atomic E-state index is 0.130. The van der Waals surface area contributed by atoms with Gasteiger partial charge in [-0.05, 0) is 0 Å². The first-order chi connectivity index (χ1) is 13.4. The molecule has 0 saturated carbocycles. The second-order valence-electron chi connectivity index (χ2n) is 6.63. The van der Waals surface area contributed by atoms with Gasteiger partial charge < -0.3 is 26.4 Å². The van der Waals surface area contributed by atoms with Crippen LogP contribution in [0.3, 0.4) is 0 Å². The molecule has 148 valence electrons. The third-order valence-electron chi connectivity index (χ3n) is 4.87. The van der Waals surface area contributed by atoms with Gasteiger partial charge in [-0.25, -0.2) is 9.67 Å². The molecule has 1 aliphatic heterocycles. The Balaban J connectivity index is 1.77. The van der Waals surface area contributed by atoms with E-state index in [4.69, 9.17) is 16.2 Å². The Hall–Kier alpha value is -2.93. The number of ketones is 1. The number of nitrogens with zero attached hydrogens (tertiary/aromatic N) is 6. The topological polar surface area (TPSA) is 180 Å². The molecular weight excluding hydrogens is 368 g/mol. The van der Waals surface area contributed by atoms with Crippen LogP contribution >= 0.6 is 0 Å². The van der Waals surface area contributed by atoms with Crippen LogP contribution in [0.4, 0.5) is 5.82 Å². The Labute approximate surface area is 158 Å². The van der Waals surface area contributed by atoms with Crippen molar-refractivity contribution >= 4 is 22.8 Å². The molecule has 4 atom stereocenters. The number of carbonyl (C=O) groups excluding carboxylic acids is 1. The highest BCUT2D eigenvalue weighted by Gasteiger charge is 2.42. The molecule has 1 saturated heterocycles. The van der Waals surface area contributed by atoms with Gasteiger partial charge in [0.2, 0.25) is 0 Å². The predicted octanol–water partition coefficient (Wildman–Crippen LogP) is -1.38. The summed E-state index contributed by atoms with van der Waals surface area (Å²) in [7, 11) is 0. The van der Waals surface area contributed by atoms with Crippen molar-refractivity contribution in [3.05, 3.63) is 24.3 Å². The monoisotopic (exact) mass is 388 g/mol. The Morgan fingerprint density at radius 2 is 2.18 bits per heavy atom. The quantitative estimate of drug-likeness (QED) is 0.380. The summed E-state index contributed by atoms with van der Waals surface area (Å²) in [6.45, 7) is 1.37. The summed E-state index contributed by atoms with van der Waals surface area (Å²) in [5, 5.41) is 23.7. The van der Waals surface area contributed by atoms with Crippen molar-refractivity contribution in [3.63, 3.8) is 0 Å². The van der Waals surface area contributed by atoms with Gasteiger partial charge in [0.15, 0.2) is 17.2 Å². The minimum atomic E-state index is -0.831. The summed E-state index contributed by atoms with van der Waals surface area (Å²) in [6.07, 6.45) is 2.22. The second-order valence-corrected chi connectivity index (χ2v) is 6.63. The van der Waals surface area contributed by atoms with Crippen LogP contribution in [-0.4, -0.2) is 70.7 Å². The van der Waals surface area contributed by atoms with Crippen LogP contribution in [0.25, 0.3) is 17.1 Å². The number of ether oxygens (including phenoxy) is 1. The number of aromatic nitrogens is 6. The summed E-state index contributed by atoms with van der Waals surface area (Å²) >= 11 is 0. The van der Waals surface area contributed by atoms with Gasteiger partial charge in [0, 0.05) is 12.1 Å². The van der Waals surface area contributed by atoms with Gasteiger partial charge in [-0.3, -0.25) is 9.36 Å². The number of aliphatic hydroxyl groups is 2. The maximum Gasteiger partial charge on any atom is 0.254 e. The fourth-order valence-electron chi connectivity index (χ4n) is 3.27. The molecule has 0 radical (unpaired) electrons. The Kier molecular flexibility index (Phi) is 4.55. The lowest BCUT2D eigenvalue weighted by Crippen LogP contribution is -2.28. The summed E-state index contributed by atoms with van der Waals surface area (Å²) in [4.78, 5) is 24.6. The molecule has 0 aliphatic carbocycles. The number of Topliss-reactive ketones (excluding diaryl/α,β-unsaturated/α-hetero) is 1. The molecule has 28 heavy (non-hydrogen) atoms. The van der Waals surface area contributed by atoms with Gasteiger partial charge >= 0.3 is 0 Å². The third kappa shape index (κ3) is 2.82. The van der Waals surface area contributed by atoms with Crippen molar-refractivity contribution in [3.8, 4) is 5.95 Å². The number of hydrogen-bond donors (Lipinski definition) is 4.